The van der Waals surface area contributed by atoms with Gasteiger partial charge in [0.2, 0.25) is 0 Å². The maximum atomic E-state index is 2.40. The van der Waals surface area contributed by atoms with Crippen LogP contribution in [0.2, 0.25) is 0 Å². The van der Waals surface area contributed by atoms with Crippen molar-refractivity contribution < 1.29 is 0 Å². The third kappa shape index (κ3) is 5.32. The molecule has 0 aliphatic carbocycles. The first kappa shape index (κ1) is 22.8. The fraction of sp³-hybridized carbons (Fsp3) is 0.407. The fourth-order valence-corrected chi connectivity index (χ4v) is 3.99. The van der Waals surface area contributed by atoms with E-state index in [1.54, 1.807) is 0 Å². The van der Waals surface area contributed by atoms with E-state index in [1.807, 2.05) is 0 Å². The predicted molar refractivity (Wildman–Crippen MR) is 131 cm³/mol. The van der Waals surface area contributed by atoms with Crippen LogP contribution in [0.1, 0.15) is 56.9 Å². The Morgan fingerprint density at radius 2 is 1.14 bits per heavy atom. The minimum atomic E-state index is 1.03. The summed E-state index contributed by atoms with van der Waals surface area (Å²) in [4.78, 5) is 4.80. The molecule has 0 heterocycles. The van der Waals surface area contributed by atoms with Gasteiger partial charge in [0.25, 0.3) is 0 Å². The van der Waals surface area contributed by atoms with E-state index in [-0.39, 0.29) is 0 Å². The van der Waals surface area contributed by atoms with Crippen LogP contribution in [0.15, 0.2) is 54.6 Å². The number of benzene rings is 2. The van der Waals surface area contributed by atoms with Crippen LogP contribution in [0, 0.1) is 13.8 Å². The summed E-state index contributed by atoms with van der Waals surface area (Å²) in [5, 5.41) is 0. The molecule has 2 aromatic rings. The maximum absolute atomic E-state index is 2.40. The lowest BCUT2D eigenvalue weighted by Gasteiger charge is -2.24. The van der Waals surface area contributed by atoms with Gasteiger partial charge < -0.3 is 9.80 Å². The number of hydrogen-bond donors (Lipinski definition) is 0. The first-order chi connectivity index (χ1) is 14.0. The van der Waals surface area contributed by atoms with Crippen LogP contribution in [0.25, 0.3) is 5.57 Å². The third-order valence-corrected chi connectivity index (χ3v) is 5.71. The van der Waals surface area contributed by atoms with E-state index in [2.05, 4.69) is 113 Å². The van der Waals surface area contributed by atoms with Crippen molar-refractivity contribution in [3.63, 3.8) is 0 Å². The van der Waals surface area contributed by atoms with E-state index < -0.39 is 0 Å². The lowest BCUT2D eigenvalue weighted by Crippen LogP contribution is -2.22. The van der Waals surface area contributed by atoms with Crippen molar-refractivity contribution in [2.45, 2.75) is 48.5 Å². The van der Waals surface area contributed by atoms with Gasteiger partial charge in [-0.05, 0) is 101 Å². The molecule has 29 heavy (non-hydrogen) atoms. The molecule has 0 N–H and O–H groups in total. The topological polar surface area (TPSA) is 6.48 Å². The molecule has 0 spiro atoms. The lowest BCUT2D eigenvalue weighted by atomic mass is 9.90. The Hall–Kier alpha value is -2.48. The Labute approximate surface area is 178 Å². The molecule has 0 aliphatic rings. The van der Waals surface area contributed by atoms with Crippen molar-refractivity contribution in [3.8, 4) is 0 Å². The number of anilines is 2. The van der Waals surface area contributed by atoms with Crippen molar-refractivity contribution >= 4 is 16.9 Å². The van der Waals surface area contributed by atoms with Gasteiger partial charge in [-0.2, -0.15) is 0 Å². The zero-order valence-electron chi connectivity index (χ0n) is 19.4. The van der Waals surface area contributed by atoms with Crippen molar-refractivity contribution in [1.29, 1.82) is 0 Å². The van der Waals surface area contributed by atoms with Gasteiger partial charge in [0, 0.05) is 37.6 Å². The van der Waals surface area contributed by atoms with Crippen LogP contribution >= 0.6 is 0 Å². The second kappa shape index (κ2) is 10.9. The molecule has 0 fully saturated rings. The smallest absolute Gasteiger partial charge is 0.0369 e. The summed E-state index contributed by atoms with van der Waals surface area (Å²) in [6.07, 6.45) is 6.49. The summed E-state index contributed by atoms with van der Waals surface area (Å²) in [7, 11) is 0. The molecule has 0 bridgehead atoms. The summed E-state index contributed by atoms with van der Waals surface area (Å²) in [6, 6.07) is 13.7. The van der Waals surface area contributed by atoms with Gasteiger partial charge in [0.15, 0.2) is 0 Å². The van der Waals surface area contributed by atoms with Crippen LogP contribution in [0.4, 0.5) is 11.4 Å². The number of hydrogen-bond acceptors (Lipinski definition) is 2. The Morgan fingerprint density at radius 1 is 0.724 bits per heavy atom. The fourth-order valence-electron chi connectivity index (χ4n) is 3.99. The van der Waals surface area contributed by atoms with Crippen LogP contribution in [0.5, 0.6) is 0 Å². The standard InChI is InChI=1S/C27H38N2/c1-8-13-14-27(25-17-15-23(19-21(25)6)28(9-2)10-3)26-18-16-24(20-22(26)7)29(11-4)12-5/h8,13-20H,9-12H2,1-7H3/b13-8+. The first-order valence-corrected chi connectivity index (χ1v) is 11.0. The Balaban J connectivity index is 2.54. The van der Waals surface area contributed by atoms with Gasteiger partial charge in [0.1, 0.15) is 0 Å². The highest BCUT2D eigenvalue weighted by Crippen LogP contribution is 2.32. The molecule has 2 heteroatoms. The summed E-state index contributed by atoms with van der Waals surface area (Å²) < 4.78 is 0. The van der Waals surface area contributed by atoms with E-state index in [4.69, 9.17) is 0 Å². The van der Waals surface area contributed by atoms with Crippen LogP contribution in [-0.2, 0) is 0 Å². The van der Waals surface area contributed by atoms with E-state index in [0.29, 0.717) is 0 Å². The molecule has 0 radical (unpaired) electrons. The normalized spacial score (nSPS) is 11.0. The van der Waals surface area contributed by atoms with Gasteiger partial charge in [-0.25, -0.2) is 0 Å². The zero-order chi connectivity index (χ0) is 21.4. The Bertz CT molecular complexity index is 789. The van der Waals surface area contributed by atoms with Crippen molar-refractivity contribution in [1.82, 2.24) is 0 Å². The molecule has 0 aromatic heterocycles. The first-order valence-electron chi connectivity index (χ1n) is 11.0. The average Bonchev–Trinajstić information content (AvgIpc) is 2.72. The van der Waals surface area contributed by atoms with Gasteiger partial charge in [0.05, 0.1) is 0 Å². The summed E-state index contributed by atoms with van der Waals surface area (Å²) in [6.45, 7) is 19.5. The van der Waals surface area contributed by atoms with Gasteiger partial charge in [-0.3, -0.25) is 0 Å². The highest BCUT2D eigenvalue weighted by molar-refractivity contribution is 5.85. The molecule has 0 aliphatic heterocycles. The molecule has 0 saturated carbocycles. The number of rotatable bonds is 9. The molecule has 0 atom stereocenters. The Morgan fingerprint density at radius 3 is 1.45 bits per heavy atom. The quantitative estimate of drug-likeness (QED) is 0.425. The van der Waals surface area contributed by atoms with E-state index in [0.717, 1.165) is 26.2 Å². The van der Waals surface area contributed by atoms with E-state index in [9.17, 15) is 0 Å². The zero-order valence-corrected chi connectivity index (χ0v) is 19.4. The van der Waals surface area contributed by atoms with Crippen molar-refractivity contribution in [2.75, 3.05) is 36.0 Å². The summed E-state index contributed by atoms with van der Waals surface area (Å²) in [5.74, 6) is 0. The monoisotopic (exact) mass is 390 g/mol. The lowest BCUT2D eigenvalue weighted by molar-refractivity contribution is 0.865. The van der Waals surface area contributed by atoms with Gasteiger partial charge in [-0.15, -0.1) is 0 Å². The van der Waals surface area contributed by atoms with E-state index in [1.165, 1.54) is 39.2 Å². The molecule has 156 valence electrons. The number of aryl methyl sites for hydroxylation is 2. The van der Waals surface area contributed by atoms with Crippen LogP contribution in [-0.4, -0.2) is 26.2 Å². The second-order valence-electron chi connectivity index (χ2n) is 7.45. The van der Waals surface area contributed by atoms with Gasteiger partial charge >= 0.3 is 0 Å². The number of nitrogens with zero attached hydrogens (tertiary/aromatic N) is 2. The predicted octanol–water partition coefficient (Wildman–Crippen LogP) is 7.00. The van der Waals surface area contributed by atoms with E-state index >= 15 is 0 Å². The van der Waals surface area contributed by atoms with Gasteiger partial charge in [-0.1, -0.05) is 30.4 Å². The van der Waals surface area contributed by atoms with Crippen molar-refractivity contribution in [2.24, 2.45) is 0 Å². The molecule has 2 nitrogen and oxygen atoms in total. The molecular formula is C27H38N2. The maximum Gasteiger partial charge on any atom is 0.0369 e. The number of allylic oxidation sites excluding steroid dienone is 3. The van der Waals surface area contributed by atoms with Crippen LogP contribution < -0.4 is 9.80 Å². The SMILES string of the molecule is C/C=C/C=C(c1ccc(N(CC)CC)cc1C)c1ccc(N(CC)CC)cc1C. The molecule has 2 aromatic carbocycles. The average molecular weight is 391 g/mol. The third-order valence-electron chi connectivity index (χ3n) is 5.71. The minimum absolute atomic E-state index is 1.03. The molecule has 0 unspecified atom stereocenters. The van der Waals surface area contributed by atoms with Crippen molar-refractivity contribution in [3.05, 3.63) is 76.9 Å². The molecular weight excluding hydrogens is 352 g/mol. The second-order valence-corrected chi connectivity index (χ2v) is 7.45. The molecule has 2 rings (SSSR count). The van der Waals surface area contributed by atoms with Crippen LogP contribution in [0.3, 0.4) is 0 Å². The summed E-state index contributed by atoms with van der Waals surface area (Å²) >= 11 is 0. The largest absolute Gasteiger partial charge is 0.372 e. The Kier molecular flexibility index (Phi) is 8.57. The molecule has 0 amide bonds. The minimum Gasteiger partial charge on any atom is -0.372 e. The highest BCUT2D eigenvalue weighted by Gasteiger charge is 2.13. The molecule has 0 saturated heterocycles. The highest BCUT2D eigenvalue weighted by atomic mass is 15.1. The summed E-state index contributed by atoms with van der Waals surface area (Å²) in [5.41, 5.74) is 9.13.